The van der Waals surface area contributed by atoms with E-state index in [2.05, 4.69) is 22.0 Å². The number of aryl methyl sites for hydroxylation is 2. The van der Waals surface area contributed by atoms with Crippen molar-refractivity contribution in [2.75, 3.05) is 7.05 Å². The minimum Gasteiger partial charge on any atom is -0.481 e. The predicted molar refractivity (Wildman–Crippen MR) is 77.6 cm³/mol. The third-order valence-electron chi connectivity index (χ3n) is 3.47. The van der Waals surface area contributed by atoms with Crippen molar-refractivity contribution >= 4 is 5.97 Å². The third kappa shape index (κ3) is 4.16. The van der Waals surface area contributed by atoms with E-state index in [1.54, 1.807) is 10.9 Å². The number of hydrogen-bond donors (Lipinski definition) is 1. The number of aromatic nitrogens is 4. The Morgan fingerprint density at radius 2 is 2.10 bits per heavy atom. The molecule has 2 rings (SSSR count). The Labute approximate surface area is 123 Å². The highest BCUT2D eigenvalue weighted by atomic mass is 16.4. The minimum atomic E-state index is -0.809. The lowest BCUT2D eigenvalue weighted by molar-refractivity contribution is -0.137. The second-order valence-electron chi connectivity index (χ2n) is 5.31. The van der Waals surface area contributed by atoms with E-state index in [1.165, 1.54) is 11.3 Å². The fourth-order valence-electron chi connectivity index (χ4n) is 2.18. The zero-order valence-corrected chi connectivity index (χ0v) is 12.7. The Morgan fingerprint density at radius 3 is 2.71 bits per heavy atom. The van der Waals surface area contributed by atoms with Crippen LogP contribution in [0.4, 0.5) is 0 Å². The summed E-state index contributed by atoms with van der Waals surface area (Å²) in [6.07, 6.45) is 5.66. The average Bonchev–Trinajstić information content (AvgIpc) is 2.98. The van der Waals surface area contributed by atoms with Crippen LogP contribution in [0.25, 0.3) is 0 Å². The number of carboxylic acids is 1. The van der Waals surface area contributed by atoms with Crippen LogP contribution in [0, 0.1) is 6.92 Å². The normalized spacial score (nSPS) is 11.2. The van der Waals surface area contributed by atoms with Crippen LogP contribution in [-0.2, 0) is 31.5 Å². The van der Waals surface area contributed by atoms with Crippen LogP contribution in [-0.4, -0.2) is 42.6 Å². The van der Waals surface area contributed by atoms with Gasteiger partial charge in [-0.15, -0.1) is 0 Å². The van der Waals surface area contributed by atoms with Crippen molar-refractivity contribution < 1.29 is 9.90 Å². The molecule has 7 nitrogen and oxygen atoms in total. The highest BCUT2D eigenvalue weighted by Crippen LogP contribution is 2.11. The Hall–Kier alpha value is -2.15. The predicted octanol–water partition coefficient (Wildman–Crippen LogP) is 1.03. The van der Waals surface area contributed by atoms with Gasteiger partial charge in [-0.1, -0.05) is 0 Å². The van der Waals surface area contributed by atoms with E-state index in [1.807, 2.05) is 31.2 Å². The first-order valence-corrected chi connectivity index (χ1v) is 6.85. The monoisotopic (exact) mass is 291 g/mol. The Kier molecular flexibility index (Phi) is 4.74. The number of carboxylic acid groups (broad SMARTS) is 1. The fraction of sp³-hybridized carbons (Fsp3) is 0.500. The molecule has 0 bridgehead atoms. The lowest BCUT2D eigenvalue weighted by Crippen LogP contribution is -2.17. The van der Waals surface area contributed by atoms with Gasteiger partial charge in [0.25, 0.3) is 0 Å². The molecule has 2 aromatic rings. The van der Waals surface area contributed by atoms with Crippen molar-refractivity contribution in [2.45, 2.75) is 33.0 Å². The highest BCUT2D eigenvalue weighted by Gasteiger charge is 2.09. The van der Waals surface area contributed by atoms with E-state index in [-0.39, 0.29) is 6.42 Å². The van der Waals surface area contributed by atoms with Crippen LogP contribution in [0.5, 0.6) is 0 Å². The second-order valence-corrected chi connectivity index (χ2v) is 5.31. The van der Waals surface area contributed by atoms with Crippen molar-refractivity contribution in [3.63, 3.8) is 0 Å². The van der Waals surface area contributed by atoms with Gasteiger partial charge in [0.15, 0.2) is 0 Å². The first kappa shape index (κ1) is 15.2. The van der Waals surface area contributed by atoms with E-state index >= 15 is 0 Å². The molecule has 0 aliphatic rings. The molecule has 21 heavy (non-hydrogen) atoms. The molecule has 0 aromatic carbocycles. The summed E-state index contributed by atoms with van der Waals surface area (Å²) in [6, 6.07) is 0. The van der Waals surface area contributed by atoms with Crippen LogP contribution >= 0.6 is 0 Å². The molecule has 0 aliphatic heterocycles. The van der Waals surface area contributed by atoms with Gasteiger partial charge in [-0.3, -0.25) is 19.1 Å². The quantitative estimate of drug-likeness (QED) is 0.824. The molecule has 7 heteroatoms. The van der Waals surface area contributed by atoms with E-state index in [9.17, 15) is 4.79 Å². The van der Waals surface area contributed by atoms with Gasteiger partial charge in [-0.25, -0.2) is 0 Å². The minimum absolute atomic E-state index is 0.0891. The summed E-state index contributed by atoms with van der Waals surface area (Å²) < 4.78 is 3.54. The molecule has 0 saturated carbocycles. The molecule has 114 valence electrons. The molecule has 0 unspecified atom stereocenters. The summed E-state index contributed by atoms with van der Waals surface area (Å²) in [7, 11) is 3.98. The van der Waals surface area contributed by atoms with Gasteiger partial charge in [0, 0.05) is 43.2 Å². The molecule has 1 N–H and O–H groups in total. The summed E-state index contributed by atoms with van der Waals surface area (Å²) in [5.41, 5.74) is 3.45. The van der Waals surface area contributed by atoms with Gasteiger partial charge in [0.05, 0.1) is 25.4 Å². The highest BCUT2D eigenvalue weighted by molar-refractivity contribution is 5.66. The standard InChI is InChI=1S/C14H21N5O2/c1-11-13(7-15-18(11)3)10-17(2)8-12-6-16-19(9-12)5-4-14(20)21/h6-7,9H,4-5,8,10H2,1-3H3,(H,20,21). The molecular formula is C14H21N5O2. The van der Waals surface area contributed by atoms with Crippen LogP contribution < -0.4 is 0 Å². The fourth-order valence-corrected chi connectivity index (χ4v) is 2.18. The van der Waals surface area contributed by atoms with Crippen LogP contribution in [0.3, 0.4) is 0 Å². The molecule has 0 atom stereocenters. The van der Waals surface area contributed by atoms with Crippen LogP contribution in [0.15, 0.2) is 18.6 Å². The molecule has 0 saturated heterocycles. The summed E-state index contributed by atoms with van der Waals surface area (Å²) in [6.45, 7) is 4.04. The zero-order valence-electron chi connectivity index (χ0n) is 12.7. The molecule has 0 aliphatic carbocycles. The number of rotatable bonds is 7. The summed E-state index contributed by atoms with van der Waals surface area (Å²) in [4.78, 5) is 12.7. The van der Waals surface area contributed by atoms with Gasteiger partial charge in [-0.2, -0.15) is 10.2 Å². The maximum atomic E-state index is 10.5. The van der Waals surface area contributed by atoms with Crippen molar-refractivity contribution in [1.82, 2.24) is 24.5 Å². The molecule has 0 fully saturated rings. The average molecular weight is 291 g/mol. The van der Waals surface area contributed by atoms with E-state index < -0.39 is 5.97 Å². The molecule has 2 aromatic heterocycles. The molecule has 0 radical (unpaired) electrons. The third-order valence-corrected chi connectivity index (χ3v) is 3.47. The van der Waals surface area contributed by atoms with Gasteiger partial charge >= 0.3 is 5.97 Å². The maximum Gasteiger partial charge on any atom is 0.305 e. The number of hydrogen-bond acceptors (Lipinski definition) is 4. The Morgan fingerprint density at radius 1 is 1.33 bits per heavy atom. The van der Waals surface area contributed by atoms with Crippen molar-refractivity contribution in [3.8, 4) is 0 Å². The molecule has 0 spiro atoms. The van der Waals surface area contributed by atoms with Gasteiger partial charge in [0.2, 0.25) is 0 Å². The van der Waals surface area contributed by atoms with Crippen molar-refractivity contribution in [2.24, 2.45) is 7.05 Å². The number of nitrogens with zero attached hydrogens (tertiary/aromatic N) is 5. The molecular weight excluding hydrogens is 270 g/mol. The van der Waals surface area contributed by atoms with Crippen LogP contribution in [0.2, 0.25) is 0 Å². The summed E-state index contributed by atoms with van der Waals surface area (Å²) in [5.74, 6) is -0.809. The number of aliphatic carboxylic acids is 1. The Balaban J connectivity index is 1.89. The van der Waals surface area contributed by atoms with Crippen molar-refractivity contribution in [1.29, 1.82) is 0 Å². The first-order chi connectivity index (χ1) is 9.95. The maximum absolute atomic E-state index is 10.5. The second kappa shape index (κ2) is 6.53. The first-order valence-electron chi connectivity index (χ1n) is 6.85. The van der Waals surface area contributed by atoms with E-state index in [0.717, 1.165) is 18.7 Å². The zero-order chi connectivity index (χ0) is 15.4. The van der Waals surface area contributed by atoms with E-state index in [0.29, 0.717) is 6.54 Å². The van der Waals surface area contributed by atoms with Crippen LogP contribution in [0.1, 0.15) is 23.2 Å². The number of carbonyl (C=O) groups is 1. The lowest BCUT2D eigenvalue weighted by atomic mass is 10.2. The largest absolute Gasteiger partial charge is 0.481 e. The SMILES string of the molecule is Cc1c(CN(C)Cc2cnn(CCC(=O)O)c2)cnn1C. The van der Waals surface area contributed by atoms with Gasteiger partial charge in [-0.05, 0) is 14.0 Å². The van der Waals surface area contributed by atoms with Crippen molar-refractivity contribution in [3.05, 3.63) is 35.4 Å². The summed E-state index contributed by atoms with van der Waals surface area (Å²) in [5, 5.41) is 17.1. The molecule has 2 heterocycles. The topological polar surface area (TPSA) is 76.2 Å². The smallest absolute Gasteiger partial charge is 0.305 e. The Bertz CT molecular complexity index is 617. The lowest BCUT2D eigenvalue weighted by Gasteiger charge is -2.15. The van der Waals surface area contributed by atoms with E-state index in [4.69, 9.17) is 5.11 Å². The summed E-state index contributed by atoms with van der Waals surface area (Å²) >= 11 is 0. The van der Waals surface area contributed by atoms with Gasteiger partial charge in [0.1, 0.15) is 0 Å². The molecule has 0 amide bonds. The van der Waals surface area contributed by atoms with Gasteiger partial charge < -0.3 is 5.11 Å².